The highest BCUT2D eigenvalue weighted by molar-refractivity contribution is 4.95. The minimum Gasteiger partial charge on any atom is -0.394 e. The summed E-state index contributed by atoms with van der Waals surface area (Å²) in [6.45, 7) is -0.00511. The van der Waals surface area contributed by atoms with Gasteiger partial charge in [-0.25, -0.2) is 0 Å². The summed E-state index contributed by atoms with van der Waals surface area (Å²) in [5.41, 5.74) is 0. The molecule has 0 radical (unpaired) electrons. The first-order valence-corrected chi connectivity index (χ1v) is 9.30. The number of unbranched alkanes of at least 4 members (excludes halogenated alkanes) is 9. The Morgan fingerprint density at radius 1 is 0.875 bits per heavy atom. The fourth-order valence-electron chi connectivity index (χ4n) is 3.22. The number of rotatable bonds is 12. The third-order valence-corrected chi connectivity index (χ3v) is 4.84. The Labute approximate surface area is 146 Å². The maximum atomic E-state index is 10.4. The summed E-state index contributed by atoms with van der Waals surface area (Å²) in [5.74, 6) is -1.93. The molecule has 1 fully saturated rings. The molecule has 24 heavy (non-hydrogen) atoms. The van der Waals surface area contributed by atoms with E-state index < -0.39 is 36.8 Å². The minimum absolute atomic E-state index is 0.154. The zero-order valence-corrected chi connectivity index (χ0v) is 14.6. The van der Waals surface area contributed by atoms with Crippen molar-refractivity contribution in [1.82, 2.24) is 0 Å². The van der Waals surface area contributed by atoms with E-state index in [-0.39, 0.29) is 6.42 Å². The summed E-state index contributed by atoms with van der Waals surface area (Å²) in [4.78, 5) is 0. The van der Waals surface area contributed by atoms with E-state index in [2.05, 4.69) is 0 Å². The largest absolute Gasteiger partial charge is 0.394 e. The summed E-state index contributed by atoms with van der Waals surface area (Å²) in [7, 11) is 0. The van der Waals surface area contributed by atoms with Crippen LogP contribution in [0.2, 0.25) is 0 Å². The fraction of sp³-hybridized carbons (Fsp3) is 1.00. The maximum absolute atomic E-state index is 10.4. The van der Waals surface area contributed by atoms with Crippen LogP contribution in [0.3, 0.4) is 0 Å². The Bertz CT molecular complexity index is 344. The number of aliphatic hydroxyl groups excluding tert-OH is 4. The summed E-state index contributed by atoms with van der Waals surface area (Å²) >= 11 is 0. The standard InChI is InChI=1S/C18H36O6/c1-2-3-4-5-6-7-8-9-10-11-12-18(23)17(22)16(21)15(20)14(13-19)24-18/h14-17,19-23H,2-13H2,1H3/t14-,15-,16+,17-,18?/m1/s1/i1D. The second-order valence-corrected chi connectivity index (χ2v) is 6.90. The molecular weight excluding hydrogens is 312 g/mol. The highest BCUT2D eigenvalue weighted by atomic mass is 16.7. The lowest BCUT2D eigenvalue weighted by atomic mass is 9.89. The zero-order valence-electron chi connectivity index (χ0n) is 15.6. The lowest BCUT2D eigenvalue weighted by Gasteiger charge is -2.45. The molecule has 1 aliphatic rings. The average molecular weight is 349 g/mol. The van der Waals surface area contributed by atoms with Crippen LogP contribution in [0.4, 0.5) is 0 Å². The van der Waals surface area contributed by atoms with Crippen molar-refractivity contribution < 1.29 is 31.6 Å². The van der Waals surface area contributed by atoms with Gasteiger partial charge in [-0.2, -0.15) is 0 Å². The molecule has 5 N–H and O–H groups in total. The molecule has 1 rings (SSSR count). The number of hydrogen-bond donors (Lipinski definition) is 5. The first kappa shape index (κ1) is 20.1. The van der Waals surface area contributed by atoms with Gasteiger partial charge in [0.25, 0.3) is 0 Å². The van der Waals surface area contributed by atoms with E-state index in [0.717, 1.165) is 32.1 Å². The van der Waals surface area contributed by atoms with Crippen molar-refractivity contribution in [2.45, 2.75) is 108 Å². The highest BCUT2D eigenvalue weighted by Gasteiger charge is 2.51. The summed E-state index contributed by atoms with van der Waals surface area (Å²) in [5, 5.41) is 49.0. The van der Waals surface area contributed by atoms with Crippen LogP contribution in [0.25, 0.3) is 0 Å². The van der Waals surface area contributed by atoms with Crippen molar-refractivity contribution in [3.63, 3.8) is 0 Å². The monoisotopic (exact) mass is 349 g/mol. The number of hydrogen-bond acceptors (Lipinski definition) is 6. The molecule has 6 heteroatoms. The summed E-state index contributed by atoms with van der Waals surface area (Å²) in [6, 6.07) is 0. The average Bonchev–Trinajstić information content (AvgIpc) is 2.61. The van der Waals surface area contributed by atoms with Gasteiger partial charge in [0, 0.05) is 7.79 Å². The van der Waals surface area contributed by atoms with Gasteiger partial charge in [-0.15, -0.1) is 0 Å². The van der Waals surface area contributed by atoms with E-state index in [0.29, 0.717) is 13.3 Å². The summed E-state index contributed by atoms with van der Waals surface area (Å²) in [6.07, 6.45) is 5.19. The van der Waals surface area contributed by atoms with Crippen molar-refractivity contribution in [2.24, 2.45) is 0 Å². The molecule has 0 amide bonds. The second-order valence-electron chi connectivity index (χ2n) is 6.90. The first-order valence-electron chi connectivity index (χ1n) is 10.0. The van der Waals surface area contributed by atoms with Crippen LogP contribution in [0.5, 0.6) is 0 Å². The minimum atomic E-state index is -1.93. The van der Waals surface area contributed by atoms with Gasteiger partial charge in [-0.05, 0) is 6.42 Å². The predicted molar refractivity (Wildman–Crippen MR) is 91.4 cm³/mol. The van der Waals surface area contributed by atoms with Crippen LogP contribution in [0, 0.1) is 0 Å². The molecule has 5 atom stereocenters. The first-order chi connectivity index (χ1) is 12.0. The Morgan fingerprint density at radius 3 is 1.96 bits per heavy atom. The molecule has 0 aliphatic carbocycles. The van der Waals surface area contributed by atoms with Crippen LogP contribution in [-0.4, -0.2) is 62.3 Å². The Balaban J connectivity index is 2.14. The molecule has 1 saturated heterocycles. The predicted octanol–water partition coefficient (Wildman–Crippen LogP) is 1.46. The van der Waals surface area contributed by atoms with Gasteiger partial charge in [-0.1, -0.05) is 64.7 Å². The van der Waals surface area contributed by atoms with Crippen LogP contribution in [0.1, 0.15) is 78.9 Å². The van der Waals surface area contributed by atoms with Gasteiger partial charge < -0.3 is 30.3 Å². The molecule has 144 valence electrons. The van der Waals surface area contributed by atoms with E-state index in [1.54, 1.807) is 0 Å². The quantitative estimate of drug-likeness (QED) is 0.341. The second kappa shape index (κ2) is 11.4. The molecule has 1 unspecified atom stereocenters. The number of aliphatic hydroxyl groups is 5. The Morgan fingerprint density at radius 2 is 1.42 bits per heavy atom. The van der Waals surface area contributed by atoms with Crippen molar-refractivity contribution in [1.29, 1.82) is 0 Å². The van der Waals surface area contributed by atoms with Gasteiger partial charge in [-0.3, -0.25) is 0 Å². The maximum Gasteiger partial charge on any atom is 0.195 e. The van der Waals surface area contributed by atoms with E-state index in [1.165, 1.54) is 25.7 Å². The molecule has 0 spiro atoms. The zero-order chi connectivity index (χ0) is 18.7. The Kier molecular flexibility index (Phi) is 9.53. The van der Waals surface area contributed by atoms with Gasteiger partial charge in [0.1, 0.15) is 24.4 Å². The van der Waals surface area contributed by atoms with Crippen molar-refractivity contribution >= 4 is 0 Å². The van der Waals surface area contributed by atoms with Crippen LogP contribution >= 0.6 is 0 Å². The lowest BCUT2D eigenvalue weighted by Crippen LogP contribution is -2.65. The SMILES string of the molecule is [2H]CCCCCCCCCCCCC1(O)O[C@H](CO)[C@@H](O)[C@H](O)[C@H]1O. The molecule has 0 aromatic carbocycles. The molecular formula is C18H36O6. The van der Waals surface area contributed by atoms with Gasteiger partial charge in [0.2, 0.25) is 0 Å². The lowest BCUT2D eigenvalue weighted by molar-refractivity contribution is -0.351. The molecule has 1 heterocycles. The molecule has 0 aromatic heterocycles. The van der Waals surface area contributed by atoms with E-state index in [4.69, 9.17) is 11.2 Å². The van der Waals surface area contributed by atoms with Gasteiger partial charge in [0.15, 0.2) is 5.79 Å². The van der Waals surface area contributed by atoms with Crippen LogP contribution in [-0.2, 0) is 4.74 Å². The van der Waals surface area contributed by atoms with Gasteiger partial charge >= 0.3 is 0 Å². The summed E-state index contributed by atoms with van der Waals surface area (Å²) < 4.78 is 12.3. The van der Waals surface area contributed by atoms with E-state index >= 15 is 0 Å². The van der Waals surface area contributed by atoms with Crippen molar-refractivity contribution in [2.75, 3.05) is 6.61 Å². The van der Waals surface area contributed by atoms with Crippen molar-refractivity contribution in [3.8, 4) is 0 Å². The highest BCUT2D eigenvalue weighted by Crippen LogP contribution is 2.32. The third kappa shape index (κ3) is 6.58. The van der Waals surface area contributed by atoms with E-state index in [1.807, 2.05) is 0 Å². The topological polar surface area (TPSA) is 110 Å². The van der Waals surface area contributed by atoms with Crippen LogP contribution in [0.15, 0.2) is 0 Å². The molecule has 0 bridgehead atoms. The molecule has 6 nitrogen and oxygen atoms in total. The van der Waals surface area contributed by atoms with E-state index in [9.17, 15) is 20.4 Å². The number of ether oxygens (including phenoxy) is 1. The smallest absolute Gasteiger partial charge is 0.195 e. The Hall–Kier alpha value is -0.240. The molecule has 1 aliphatic heterocycles. The van der Waals surface area contributed by atoms with Crippen LogP contribution < -0.4 is 0 Å². The molecule has 0 saturated carbocycles. The normalized spacial score (nSPS) is 34.3. The molecule has 0 aromatic rings. The van der Waals surface area contributed by atoms with Crippen molar-refractivity contribution in [3.05, 3.63) is 0 Å². The van der Waals surface area contributed by atoms with Gasteiger partial charge in [0.05, 0.1) is 6.61 Å². The fourth-order valence-corrected chi connectivity index (χ4v) is 3.22. The third-order valence-electron chi connectivity index (χ3n) is 4.84.